The fourth-order valence-electron chi connectivity index (χ4n) is 6.58. The first-order valence-electron chi connectivity index (χ1n) is 13.4. The molecule has 3 nitrogen and oxygen atoms in total. The van der Waals surface area contributed by atoms with Crippen LogP contribution in [0.4, 0.5) is 11.4 Å². The highest BCUT2D eigenvalue weighted by Crippen LogP contribution is 2.50. The van der Waals surface area contributed by atoms with Crippen molar-refractivity contribution >= 4 is 49.8 Å². The van der Waals surface area contributed by atoms with Gasteiger partial charge in [0.2, 0.25) is 0 Å². The number of nitrogens with zero attached hydrogens (tertiary/aromatic N) is 1. The van der Waals surface area contributed by atoms with E-state index in [1.54, 1.807) is 0 Å². The van der Waals surface area contributed by atoms with Gasteiger partial charge >= 0.3 is 0 Å². The van der Waals surface area contributed by atoms with Gasteiger partial charge < -0.3 is 9.73 Å². The van der Waals surface area contributed by atoms with Gasteiger partial charge in [-0.15, -0.1) is 0 Å². The lowest BCUT2D eigenvalue weighted by atomic mass is 9.90. The Kier molecular flexibility index (Phi) is 4.11. The molecule has 1 aromatic heterocycles. The maximum atomic E-state index is 6.78. The summed E-state index contributed by atoms with van der Waals surface area (Å²) >= 11 is 0. The summed E-state index contributed by atoms with van der Waals surface area (Å²) in [4.78, 5) is 5.18. The van der Waals surface area contributed by atoms with Gasteiger partial charge in [0.15, 0.2) is 0 Å². The molecule has 1 aliphatic heterocycles. The summed E-state index contributed by atoms with van der Waals surface area (Å²) in [5.41, 5.74) is 11.9. The number of para-hydroxylation sites is 2. The van der Waals surface area contributed by atoms with Crippen molar-refractivity contribution in [2.75, 3.05) is 5.32 Å². The predicted molar refractivity (Wildman–Crippen MR) is 161 cm³/mol. The molecule has 6 aromatic carbocycles. The van der Waals surface area contributed by atoms with Crippen LogP contribution >= 0.6 is 0 Å². The Morgan fingerprint density at radius 3 is 2.08 bits per heavy atom. The summed E-state index contributed by atoms with van der Waals surface area (Å²) in [6.45, 7) is 0. The normalized spacial score (nSPS) is 15.3. The summed E-state index contributed by atoms with van der Waals surface area (Å²) in [5.74, 6) is 0. The van der Waals surface area contributed by atoms with Crippen molar-refractivity contribution in [3.05, 3.63) is 132 Å². The van der Waals surface area contributed by atoms with E-state index in [4.69, 9.17) is 9.41 Å². The van der Waals surface area contributed by atoms with Crippen LogP contribution in [-0.2, 0) is 0 Å². The zero-order valence-corrected chi connectivity index (χ0v) is 21.0. The van der Waals surface area contributed by atoms with Crippen molar-refractivity contribution in [1.29, 1.82) is 0 Å². The number of benzene rings is 6. The van der Waals surface area contributed by atoms with Crippen molar-refractivity contribution in [3.8, 4) is 22.3 Å². The molecule has 7 aromatic rings. The van der Waals surface area contributed by atoms with Crippen LogP contribution in [0.1, 0.15) is 17.2 Å². The van der Waals surface area contributed by atoms with Crippen LogP contribution in [0.25, 0.3) is 55.0 Å². The van der Waals surface area contributed by atoms with Crippen molar-refractivity contribution < 1.29 is 4.42 Å². The van der Waals surface area contributed by atoms with E-state index in [1.807, 2.05) is 12.1 Å². The minimum Gasteiger partial charge on any atom is -0.456 e. The third-order valence-electron chi connectivity index (χ3n) is 8.26. The van der Waals surface area contributed by atoms with Gasteiger partial charge in [-0.25, -0.2) is 4.99 Å². The second kappa shape index (κ2) is 7.68. The van der Waals surface area contributed by atoms with E-state index in [0.717, 1.165) is 39.4 Å². The molecule has 2 aliphatic rings. The predicted octanol–water partition coefficient (Wildman–Crippen LogP) is 9.67. The van der Waals surface area contributed by atoms with Crippen LogP contribution in [-0.4, -0.2) is 5.71 Å². The molecule has 0 bridgehead atoms. The van der Waals surface area contributed by atoms with Gasteiger partial charge in [0, 0.05) is 16.3 Å². The highest BCUT2D eigenvalue weighted by atomic mass is 16.3. The molecule has 0 radical (unpaired) electrons. The van der Waals surface area contributed by atoms with E-state index in [1.165, 1.54) is 43.8 Å². The average Bonchev–Trinajstić information content (AvgIpc) is 3.34. The van der Waals surface area contributed by atoms with Gasteiger partial charge in [0.05, 0.1) is 23.1 Å². The van der Waals surface area contributed by atoms with Crippen molar-refractivity contribution in [2.24, 2.45) is 4.99 Å². The van der Waals surface area contributed by atoms with E-state index in [2.05, 4.69) is 115 Å². The third-order valence-corrected chi connectivity index (χ3v) is 8.26. The lowest BCUT2D eigenvalue weighted by Gasteiger charge is -2.28. The molecule has 1 atom stereocenters. The van der Waals surface area contributed by atoms with Crippen LogP contribution in [0, 0.1) is 0 Å². The summed E-state index contributed by atoms with van der Waals surface area (Å²) in [7, 11) is 0. The molecule has 0 saturated heterocycles. The molecule has 39 heavy (non-hydrogen) atoms. The highest BCUT2D eigenvalue weighted by molar-refractivity contribution is 6.26. The number of furan rings is 1. The Balaban J connectivity index is 1.38. The SMILES string of the molecule is c1ccc(C2=Nc3ccccc3NC2c2ccc3c4c2oc2cccc(c24)-c2cccc4cccc-3c24)cc1. The van der Waals surface area contributed by atoms with E-state index in [-0.39, 0.29) is 6.04 Å². The van der Waals surface area contributed by atoms with E-state index < -0.39 is 0 Å². The summed E-state index contributed by atoms with van der Waals surface area (Å²) < 4.78 is 6.78. The van der Waals surface area contributed by atoms with Crippen molar-refractivity contribution in [2.45, 2.75) is 6.04 Å². The fourth-order valence-corrected chi connectivity index (χ4v) is 6.58. The number of nitrogens with one attached hydrogen (secondary N) is 1. The van der Waals surface area contributed by atoms with Gasteiger partial charge in [0.1, 0.15) is 11.2 Å². The number of rotatable bonds is 2. The molecule has 0 fully saturated rings. The quantitative estimate of drug-likeness (QED) is 0.258. The van der Waals surface area contributed by atoms with E-state index in [0.29, 0.717) is 0 Å². The Morgan fingerprint density at radius 1 is 0.564 bits per heavy atom. The van der Waals surface area contributed by atoms with Crippen LogP contribution in [0.3, 0.4) is 0 Å². The Morgan fingerprint density at radius 2 is 1.26 bits per heavy atom. The summed E-state index contributed by atoms with van der Waals surface area (Å²) in [6.07, 6.45) is 0. The molecule has 1 unspecified atom stereocenters. The maximum absolute atomic E-state index is 6.78. The zero-order valence-electron chi connectivity index (χ0n) is 21.0. The summed E-state index contributed by atoms with van der Waals surface area (Å²) in [6, 6.07) is 42.7. The summed E-state index contributed by atoms with van der Waals surface area (Å²) in [5, 5.41) is 8.73. The number of hydrogen-bond donors (Lipinski definition) is 1. The molecular weight excluding hydrogens is 476 g/mol. The van der Waals surface area contributed by atoms with Crippen LogP contribution < -0.4 is 5.32 Å². The molecule has 1 aliphatic carbocycles. The Bertz CT molecular complexity index is 2150. The lowest BCUT2D eigenvalue weighted by molar-refractivity contribution is 0.662. The third kappa shape index (κ3) is 2.84. The highest BCUT2D eigenvalue weighted by Gasteiger charge is 2.31. The number of aliphatic imine (C=N–C) groups is 1. The second-order valence-electron chi connectivity index (χ2n) is 10.4. The van der Waals surface area contributed by atoms with Crippen LogP contribution in [0.5, 0.6) is 0 Å². The van der Waals surface area contributed by atoms with Gasteiger partial charge in [-0.2, -0.15) is 0 Å². The van der Waals surface area contributed by atoms with E-state index >= 15 is 0 Å². The van der Waals surface area contributed by atoms with Gasteiger partial charge in [-0.3, -0.25) is 0 Å². The first kappa shape index (κ1) is 20.9. The molecule has 0 amide bonds. The van der Waals surface area contributed by atoms with Crippen molar-refractivity contribution in [3.63, 3.8) is 0 Å². The molecule has 1 N–H and O–H groups in total. The van der Waals surface area contributed by atoms with Crippen LogP contribution in [0.2, 0.25) is 0 Å². The molecule has 3 heteroatoms. The molecule has 9 rings (SSSR count). The molecule has 0 spiro atoms. The minimum absolute atomic E-state index is 0.165. The topological polar surface area (TPSA) is 37.5 Å². The maximum Gasteiger partial charge on any atom is 0.141 e. The largest absolute Gasteiger partial charge is 0.456 e. The molecular formula is C36H22N2O. The fraction of sp³-hybridized carbons (Fsp3) is 0.0278. The smallest absolute Gasteiger partial charge is 0.141 e. The van der Waals surface area contributed by atoms with Gasteiger partial charge in [-0.1, -0.05) is 103 Å². The number of hydrogen-bond acceptors (Lipinski definition) is 3. The van der Waals surface area contributed by atoms with E-state index in [9.17, 15) is 0 Å². The minimum atomic E-state index is -0.165. The lowest BCUT2D eigenvalue weighted by Crippen LogP contribution is -2.25. The Labute approximate surface area is 225 Å². The molecule has 182 valence electrons. The molecule has 2 heterocycles. The van der Waals surface area contributed by atoms with Crippen LogP contribution in [0.15, 0.2) is 131 Å². The second-order valence-corrected chi connectivity index (χ2v) is 10.4. The van der Waals surface area contributed by atoms with Crippen molar-refractivity contribution in [1.82, 2.24) is 0 Å². The first-order chi connectivity index (χ1) is 19.3. The van der Waals surface area contributed by atoms with Gasteiger partial charge in [0.25, 0.3) is 0 Å². The zero-order chi connectivity index (χ0) is 25.5. The molecule has 0 saturated carbocycles. The first-order valence-corrected chi connectivity index (χ1v) is 13.4. The standard InChI is InChI=1S/C36H22N2O/c1-2-9-22(10-3-1)34-35(38-29-17-5-4-16-28(29)37-34)27-20-19-26-24-14-7-12-21-11-6-13-23(31(21)24)25-15-8-18-30-32(25)33(26)36(27)39-30/h1-20,35,38H. The number of anilines is 1. The Hall–Kier alpha value is -5.15. The number of fused-ring (bicyclic) bond motifs is 3. The monoisotopic (exact) mass is 498 g/mol. The average molecular weight is 499 g/mol. The van der Waals surface area contributed by atoms with Gasteiger partial charge in [-0.05, 0) is 56.8 Å².